The summed E-state index contributed by atoms with van der Waals surface area (Å²) >= 11 is 0. The summed E-state index contributed by atoms with van der Waals surface area (Å²) in [7, 11) is 1.70. The number of rotatable bonds is 7. The summed E-state index contributed by atoms with van der Waals surface area (Å²) in [5.74, 6) is -0.204. The molecule has 0 atom stereocenters. The van der Waals surface area contributed by atoms with E-state index in [0.29, 0.717) is 23.4 Å². The molecule has 0 radical (unpaired) electrons. The normalized spacial score (nSPS) is 12.6. The van der Waals surface area contributed by atoms with Crippen molar-refractivity contribution in [2.75, 3.05) is 23.9 Å². The predicted octanol–water partition coefficient (Wildman–Crippen LogP) is 3.45. The molecule has 0 bridgehead atoms. The summed E-state index contributed by atoms with van der Waals surface area (Å²) in [6, 6.07) is 15.6. The van der Waals surface area contributed by atoms with Crippen molar-refractivity contribution in [1.82, 2.24) is 0 Å². The average Bonchev–Trinajstić information content (AvgIpc) is 3.38. The molecule has 30 heavy (non-hydrogen) atoms. The van der Waals surface area contributed by atoms with Crippen LogP contribution in [0.1, 0.15) is 32.0 Å². The van der Waals surface area contributed by atoms with Crippen LogP contribution in [0.25, 0.3) is 0 Å². The van der Waals surface area contributed by atoms with Crippen LogP contribution in [-0.4, -0.2) is 31.3 Å². The number of ether oxygens (including phenoxy) is 1. The van der Waals surface area contributed by atoms with Crippen LogP contribution in [0.3, 0.4) is 0 Å². The van der Waals surface area contributed by atoms with Gasteiger partial charge in [-0.3, -0.25) is 9.59 Å². The smallest absolute Gasteiger partial charge is 0.340 e. The standard InChI is InChI=1S/C23H20N2O5/c1-25-20-9-8-15(11-16(20)12-22(25)27)21(26)14-30-23(28)18-6-2-3-7-19(18)24-13-17-5-4-10-29-17/h2-11,24H,12-14H2,1H3. The highest BCUT2D eigenvalue weighted by molar-refractivity contribution is 6.04. The number of nitrogens with one attached hydrogen (secondary N) is 1. The molecule has 1 aromatic heterocycles. The van der Waals surface area contributed by atoms with Crippen molar-refractivity contribution in [1.29, 1.82) is 0 Å². The predicted molar refractivity (Wildman–Crippen MR) is 111 cm³/mol. The van der Waals surface area contributed by atoms with Gasteiger partial charge in [-0.2, -0.15) is 0 Å². The van der Waals surface area contributed by atoms with Crippen LogP contribution in [0, 0.1) is 0 Å². The second-order valence-corrected chi connectivity index (χ2v) is 6.95. The molecule has 3 aromatic rings. The summed E-state index contributed by atoms with van der Waals surface area (Å²) in [5.41, 5.74) is 2.93. The third-order valence-corrected chi connectivity index (χ3v) is 4.99. The van der Waals surface area contributed by atoms with Gasteiger partial charge in [-0.1, -0.05) is 12.1 Å². The van der Waals surface area contributed by atoms with E-state index in [0.717, 1.165) is 17.0 Å². The number of esters is 1. The van der Waals surface area contributed by atoms with E-state index in [-0.39, 0.29) is 24.7 Å². The number of ketones is 1. The van der Waals surface area contributed by atoms with Crippen molar-refractivity contribution in [3.63, 3.8) is 0 Å². The molecule has 2 aromatic carbocycles. The third kappa shape index (κ3) is 3.96. The van der Waals surface area contributed by atoms with E-state index in [1.165, 1.54) is 0 Å². The quantitative estimate of drug-likeness (QED) is 0.479. The second kappa shape index (κ2) is 8.24. The zero-order chi connectivity index (χ0) is 21.1. The fraction of sp³-hybridized carbons (Fsp3) is 0.174. The van der Waals surface area contributed by atoms with Crippen molar-refractivity contribution in [3.05, 3.63) is 83.3 Å². The molecule has 1 N–H and O–H groups in total. The number of para-hydroxylation sites is 1. The zero-order valence-electron chi connectivity index (χ0n) is 16.4. The van der Waals surface area contributed by atoms with E-state index in [1.807, 2.05) is 6.07 Å². The molecule has 1 aliphatic rings. The number of carbonyl (C=O) groups is 3. The van der Waals surface area contributed by atoms with Gasteiger partial charge in [0.2, 0.25) is 5.91 Å². The molecule has 152 valence electrons. The van der Waals surface area contributed by atoms with Gasteiger partial charge in [-0.25, -0.2) is 4.79 Å². The first-order valence-electron chi connectivity index (χ1n) is 9.48. The van der Waals surface area contributed by atoms with Crippen molar-refractivity contribution in [3.8, 4) is 0 Å². The van der Waals surface area contributed by atoms with E-state index < -0.39 is 5.97 Å². The molecule has 0 spiro atoms. The Morgan fingerprint density at radius 2 is 1.97 bits per heavy atom. The molecular weight excluding hydrogens is 384 g/mol. The zero-order valence-corrected chi connectivity index (χ0v) is 16.4. The maximum atomic E-state index is 12.5. The molecule has 7 heteroatoms. The van der Waals surface area contributed by atoms with Gasteiger partial charge >= 0.3 is 5.97 Å². The van der Waals surface area contributed by atoms with Crippen LogP contribution in [-0.2, 0) is 22.5 Å². The maximum Gasteiger partial charge on any atom is 0.340 e. The van der Waals surface area contributed by atoms with Gasteiger partial charge in [0, 0.05) is 24.0 Å². The lowest BCUT2D eigenvalue weighted by Crippen LogP contribution is -2.20. The van der Waals surface area contributed by atoms with Crippen molar-refractivity contribution in [2.24, 2.45) is 0 Å². The third-order valence-electron chi connectivity index (χ3n) is 4.99. The Labute approximate surface area is 173 Å². The van der Waals surface area contributed by atoms with Gasteiger partial charge in [-0.05, 0) is 48.0 Å². The molecule has 2 heterocycles. The number of hydrogen-bond donors (Lipinski definition) is 1. The lowest BCUT2D eigenvalue weighted by molar-refractivity contribution is -0.117. The Hall–Kier alpha value is -3.87. The van der Waals surface area contributed by atoms with Gasteiger partial charge in [0.1, 0.15) is 5.76 Å². The minimum Gasteiger partial charge on any atom is -0.467 e. The molecule has 4 rings (SSSR count). The van der Waals surface area contributed by atoms with Gasteiger partial charge in [0.15, 0.2) is 12.4 Å². The van der Waals surface area contributed by atoms with Crippen LogP contribution in [0.4, 0.5) is 11.4 Å². The van der Waals surface area contributed by atoms with E-state index in [2.05, 4.69) is 5.32 Å². The summed E-state index contributed by atoms with van der Waals surface area (Å²) in [5, 5.41) is 3.14. The Morgan fingerprint density at radius 1 is 1.13 bits per heavy atom. The lowest BCUT2D eigenvalue weighted by atomic mass is 10.1. The van der Waals surface area contributed by atoms with Crippen molar-refractivity contribution >= 4 is 29.0 Å². The molecule has 0 saturated carbocycles. The highest BCUT2D eigenvalue weighted by Gasteiger charge is 2.25. The van der Waals surface area contributed by atoms with Crippen LogP contribution in [0.15, 0.2) is 65.3 Å². The highest BCUT2D eigenvalue weighted by Crippen LogP contribution is 2.28. The van der Waals surface area contributed by atoms with E-state index in [9.17, 15) is 14.4 Å². The number of benzene rings is 2. The number of nitrogens with zero attached hydrogens (tertiary/aromatic N) is 1. The number of furan rings is 1. The fourth-order valence-electron chi connectivity index (χ4n) is 3.35. The van der Waals surface area contributed by atoms with Gasteiger partial charge in [0.05, 0.1) is 24.8 Å². The molecular formula is C23H20N2O5. The fourth-order valence-corrected chi connectivity index (χ4v) is 3.35. The van der Waals surface area contributed by atoms with Crippen molar-refractivity contribution in [2.45, 2.75) is 13.0 Å². The SMILES string of the molecule is CN1C(=O)Cc2cc(C(=O)COC(=O)c3ccccc3NCc3ccco3)ccc21. The monoisotopic (exact) mass is 404 g/mol. The number of Topliss-reactive ketones (excluding diaryl/α,β-unsaturated/α-hetero) is 1. The first-order valence-corrected chi connectivity index (χ1v) is 9.48. The Bertz CT molecular complexity index is 1100. The number of carbonyl (C=O) groups excluding carboxylic acids is 3. The van der Waals surface area contributed by atoms with Crippen molar-refractivity contribution < 1.29 is 23.5 Å². The molecule has 7 nitrogen and oxygen atoms in total. The number of anilines is 2. The number of amides is 1. The summed E-state index contributed by atoms with van der Waals surface area (Å²) in [4.78, 5) is 38.4. The molecule has 0 unspecified atom stereocenters. The van der Waals surface area contributed by atoms with E-state index in [1.54, 1.807) is 66.7 Å². The maximum absolute atomic E-state index is 12.5. The Balaban J connectivity index is 1.40. The Morgan fingerprint density at radius 3 is 2.77 bits per heavy atom. The summed E-state index contributed by atoms with van der Waals surface area (Å²) in [6.07, 6.45) is 1.84. The minimum absolute atomic E-state index is 0.0142. The second-order valence-electron chi connectivity index (χ2n) is 6.95. The van der Waals surface area contributed by atoms with Crippen LogP contribution in [0.5, 0.6) is 0 Å². The largest absolute Gasteiger partial charge is 0.467 e. The number of hydrogen-bond acceptors (Lipinski definition) is 6. The molecule has 0 saturated heterocycles. The van der Waals surface area contributed by atoms with Crippen LogP contribution < -0.4 is 10.2 Å². The highest BCUT2D eigenvalue weighted by atomic mass is 16.5. The van der Waals surface area contributed by atoms with Gasteiger partial charge < -0.3 is 19.4 Å². The topological polar surface area (TPSA) is 88.8 Å². The molecule has 0 aliphatic carbocycles. The lowest BCUT2D eigenvalue weighted by Gasteiger charge is -2.12. The van der Waals surface area contributed by atoms with E-state index in [4.69, 9.17) is 9.15 Å². The summed E-state index contributed by atoms with van der Waals surface area (Å²) in [6.45, 7) is 0.0342. The van der Waals surface area contributed by atoms with Crippen LogP contribution in [0.2, 0.25) is 0 Å². The number of likely N-dealkylation sites (N-methyl/N-ethyl adjacent to an activating group) is 1. The van der Waals surface area contributed by atoms with E-state index >= 15 is 0 Å². The Kier molecular flexibility index (Phi) is 5.34. The molecule has 1 amide bonds. The minimum atomic E-state index is -0.595. The number of fused-ring (bicyclic) bond motifs is 1. The molecule has 0 fully saturated rings. The average molecular weight is 404 g/mol. The van der Waals surface area contributed by atoms with Gasteiger partial charge in [-0.15, -0.1) is 0 Å². The molecule has 1 aliphatic heterocycles. The first kappa shape index (κ1) is 19.4. The van der Waals surface area contributed by atoms with Crippen LogP contribution >= 0.6 is 0 Å². The summed E-state index contributed by atoms with van der Waals surface area (Å²) < 4.78 is 10.5. The first-order chi connectivity index (χ1) is 14.5. The van der Waals surface area contributed by atoms with Gasteiger partial charge in [0.25, 0.3) is 0 Å².